The molecule has 0 atom stereocenters. The van der Waals surface area contributed by atoms with E-state index in [2.05, 4.69) is 29.3 Å². The summed E-state index contributed by atoms with van der Waals surface area (Å²) < 4.78 is 0. The quantitative estimate of drug-likeness (QED) is 0.609. The fraction of sp³-hybridized carbons (Fsp3) is 0.364. The summed E-state index contributed by atoms with van der Waals surface area (Å²) >= 11 is 1.75. The van der Waals surface area contributed by atoms with Crippen molar-refractivity contribution < 1.29 is 0 Å². The number of allylic oxidation sites excluding steroid dienone is 2. The third-order valence-electron chi connectivity index (χ3n) is 1.61. The Bertz CT molecular complexity index is 291. The molecule has 1 nitrogen and oxygen atoms in total. The zero-order valence-electron chi connectivity index (χ0n) is 8.37. The molecule has 70 valence electrons. The molecule has 0 aliphatic heterocycles. The van der Waals surface area contributed by atoms with E-state index in [0.29, 0.717) is 0 Å². The minimum Gasteiger partial charge on any atom is -0.242 e. The zero-order valence-corrected chi connectivity index (χ0v) is 9.19. The van der Waals surface area contributed by atoms with Crippen LogP contribution in [0.3, 0.4) is 0 Å². The maximum absolute atomic E-state index is 4.39. The number of hydrogen-bond acceptors (Lipinski definition) is 2. The fourth-order valence-corrected chi connectivity index (χ4v) is 1.98. The molecule has 0 radical (unpaired) electrons. The summed E-state index contributed by atoms with van der Waals surface area (Å²) in [4.78, 5) is 5.68. The van der Waals surface area contributed by atoms with Crippen LogP contribution in [0.2, 0.25) is 0 Å². The number of aryl methyl sites for hydroxylation is 1. The normalized spacial score (nSPS) is 12.8. The monoisotopic (exact) mass is 193 g/mol. The number of nitrogens with zero attached hydrogens (tertiary/aromatic N) is 1. The lowest BCUT2D eigenvalue weighted by molar-refractivity contribution is 1.27. The number of fused-ring (bicyclic) bond motifs is 1. The van der Waals surface area contributed by atoms with Crippen molar-refractivity contribution in [3.63, 3.8) is 0 Å². The molecule has 1 aliphatic rings. The average molecular weight is 193 g/mol. The van der Waals surface area contributed by atoms with Crippen molar-refractivity contribution in [2.24, 2.45) is 0 Å². The Morgan fingerprint density at radius 1 is 1.23 bits per heavy atom. The van der Waals surface area contributed by atoms with Crippen molar-refractivity contribution in [2.75, 3.05) is 0 Å². The van der Waals surface area contributed by atoms with Crippen LogP contribution >= 0.6 is 11.3 Å². The minimum absolute atomic E-state index is 1.03. The van der Waals surface area contributed by atoms with Gasteiger partial charge in [0.15, 0.2) is 0 Å². The van der Waals surface area contributed by atoms with Crippen LogP contribution in [-0.4, -0.2) is 4.98 Å². The van der Waals surface area contributed by atoms with E-state index in [9.17, 15) is 0 Å². The van der Waals surface area contributed by atoms with Crippen LogP contribution < -0.4 is 0 Å². The third-order valence-corrected chi connectivity index (χ3v) is 2.56. The van der Waals surface area contributed by atoms with Gasteiger partial charge in [-0.3, -0.25) is 0 Å². The van der Waals surface area contributed by atoms with Crippen LogP contribution in [0, 0.1) is 6.92 Å². The summed E-state index contributed by atoms with van der Waals surface area (Å²) in [6, 6.07) is 0. The summed E-state index contributed by atoms with van der Waals surface area (Å²) in [6.45, 7) is 6.04. The highest BCUT2D eigenvalue weighted by Gasteiger charge is 2.03. The van der Waals surface area contributed by atoms with Crippen molar-refractivity contribution in [1.82, 2.24) is 4.98 Å². The maximum atomic E-state index is 4.39. The molecule has 1 aliphatic carbocycles. The summed E-state index contributed by atoms with van der Waals surface area (Å²) in [5.41, 5.74) is 1.13. The molecule has 0 fully saturated rings. The van der Waals surface area contributed by atoms with Crippen molar-refractivity contribution in [1.29, 1.82) is 0 Å². The van der Waals surface area contributed by atoms with Gasteiger partial charge in [-0.15, -0.1) is 11.3 Å². The molecule has 0 bridgehead atoms. The van der Waals surface area contributed by atoms with E-state index in [1.54, 1.807) is 11.3 Å². The predicted molar refractivity (Wildman–Crippen MR) is 60.9 cm³/mol. The molecule has 1 aromatic rings. The second-order valence-corrected chi connectivity index (χ2v) is 3.76. The molecule has 0 aromatic carbocycles. The fourth-order valence-electron chi connectivity index (χ4n) is 1.13. The van der Waals surface area contributed by atoms with Gasteiger partial charge >= 0.3 is 0 Å². The molecule has 0 saturated carbocycles. The highest BCUT2D eigenvalue weighted by atomic mass is 32.1. The Morgan fingerprint density at radius 2 is 1.92 bits per heavy atom. The van der Waals surface area contributed by atoms with Crippen LogP contribution in [-0.2, 0) is 0 Å². The van der Waals surface area contributed by atoms with Gasteiger partial charge in [-0.05, 0) is 25.5 Å². The Balaban J connectivity index is 0.000000396. The predicted octanol–water partition coefficient (Wildman–Crippen LogP) is 3.91. The highest BCUT2D eigenvalue weighted by Crippen LogP contribution is 2.22. The van der Waals surface area contributed by atoms with Gasteiger partial charge in [-0.1, -0.05) is 26.0 Å². The zero-order chi connectivity index (χ0) is 9.68. The minimum atomic E-state index is 1.03. The first kappa shape index (κ1) is 10.2. The van der Waals surface area contributed by atoms with Gasteiger partial charge in [0.25, 0.3) is 0 Å². The standard InChI is InChI=1S/C9H9NS.C2H6/c1-7-10-8-5-3-2-4-6-9(8)11-7;1-2/h3-6H,2H2,1H3;1-2H3. The third kappa shape index (κ3) is 2.52. The summed E-state index contributed by atoms with van der Waals surface area (Å²) in [5.74, 6) is 0. The molecule has 0 N–H and O–H groups in total. The van der Waals surface area contributed by atoms with E-state index in [-0.39, 0.29) is 0 Å². The SMILES string of the molecule is CC.Cc1nc2c(s1)C=CCC=C2. The average Bonchev–Trinajstić information content (AvgIpc) is 2.36. The summed E-state index contributed by atoms with van der Waals surface area (Å²) in [5, 5.41) is 1.14. The molecule has 0 saturated heterocycles. The lowest BCUT2D eigenvalue weighted by Gasteiger charge is -1.82. The Morgan fingerprint density at radius 3 is 2.69 bits per heavy atom. The molecular formula is C11H15NS. The topological polar surface area (TPSA) is 12.9 Å². The lowest BCUT2D eigenvalue weighted by atomic mass is 10.3. The van der Waals surface area contributed by atoms with Gasteiger partial charge in [0.1, 0.15) is 0 Å². The highest BCUT2D eigenvalue weighted by molar-refractivity contribution is 7.12. The Labute approximate surface area is 83.8 Å². The smallest absolute Gasteiger partial charge is 0.0907 e. The summed E-state index contributed by atoms with van der Waals surface area (Å²) in [6.07, 6.45) is 9.59. The summed E-state index contributed by atoms with van der Waals surface area (Å²) in [7, 11) is 0. The van der Waals surface area contributed by atoms with Crippen molar-refractivity contribution in [2.45, 2.75) is 27.2 Å². The van der Waals surface area contributed by atoms with Crippen LogP contribution in [0.1, 0.15) is 35.8 Å². The maximum Gasteiger partial charge on any atom is 0.0907 e. The van der Waals surface area contributed by atoms with E-state index >= 15 is 0 Å². The van der Waals surface area contributed by atoms with Gasteiger partial charge in [-0.2, -0.15) is 0 Å². The first-order valence-electron chi connectivity index (χ1n) is 4.67. The number of aromatic nitrogens is 1. The van der Waals surface area contributed by atoms with Gasteiger partial charge in [-0.25, -0.2) is 4.98 Å². The molecule has 1 heterocycles. The largest absolute Gasteiger partial charge is 0.242 e. The molecule has 0 spiro atoms. The molecule has 2 rings (SSSR count). The molecular weight excluding hydrogens is 178 g/mol. The Kier molecular flexibility index (Phi) is 3.90. The lowest BCUT2D eigenvalue weighted by Crippen LogP contribution is -1.72. The first-order valence-corrected chi connectivity index (χ1v) is 5.48. The van der Waals surface area contributed by atoms with Crippen molar-refractivity contribution >= 4 is 23.5 Å². The van der Waals surface area contributed by atoms with Gasteiger partial charge in [0.2, 0.25) is 0 Å². The molecule has 1 aromatic heterocycles. The molecule has 0 unspecified atom stereocenters. The Hall–Kier alpha value is -0.890. The van der Waals surface area contributed by atoms with Gasteiger partial charge in [0, 0.05) is 0 Å². The van der Waals surface area contributed by atoms with E-state index in [1.807, 2.05) is 20.8 Å². The van der Waals surface area contributed by atoms with Gasteiger partial charge < -0.3 is 0 Å². The molecule has 2 heteroatoms. The van der Waals surface area contributed by atoms with Gasteiger partial charge in [0.05, 0.1) is 15.6 Å². The van der Waals surface area contributed by atoms with Crippen LogP contribution in [0.15, 0.2) is 12.2 Å². The van der Waals surface area contributed by atoms with Crippen LogP contribution in [0.5, 0.6) is 0 Å². The van der Waals surface area contributed by atoms with Crippen molar-refractivity contribution in [3.05, 3.63) is 27.7 Å². The number of hydrogen-bond donors (Lipinski definition) is 0. The van der Waals surface area contributed by atoms with E-state index in [4.69, 9.17) is 0 Å². The molecule has 13 heavy (non-hydrogen) atoms. The van der Waals surface area contributed by atoms with E-state index in [1.165, 1.54) is 4.88 Å². The van der Waals surface area contributed by atoms with E-state index < -0.39 is 0 Å². The number of rotatable bonds is 0. The van der Waals surface area contributed by atoms with Crippen molar-refractivity contribution in [3.8, 4) is 0 Å². The van der Waals surface area contributed by atoms with E-state index in [0.717, 1.165) is 17.1 Å². The van der Waals surface area contributed by atoms with Crippen LogP contribution in [0.25, 0.3) is 12.2 Å². The van der Waals surface area contributed by atoms with Crippen LogP contribution in [0.4, 0.5) is 0 Å². The molecule has 0 amide bonds. The first-order chi connectivity index (χ1) is 6.36. The second kappa shape index (κ2) is 4.97. The second-order valence-electron chi connectivity index (χ2n) is 2.52. The number of thiazole rings is 1.